The molecule has 26 heavy (non-hydrogen) atoms. The van der Waals surface area contributed by atoms with Crippen LogP contribution in [0.1, 0.15) is 110 Å². The van der Waals surface area contributed by atoms with E-state index in [9.17, 15) is 0 Å². The van der Waals surface area contributed by atoms with Crippen LogP contribution in [0.5, 0.6) is 0 Å². The van der Waals surface area contributed by atoms with E-state index in [1.54, 1.807) is 0 Å². The highest BCUT2D eigenvalue weighted by atomic mass is 35.5. The lowest BCUT2D eigenvalue weighted by molar-refractivity contribution is 0.173. The fraction of sp³-hybridized carbons (Fsp3) is 0.833. The van der Waals surface area contributed by atoms with Crippen LogP contribution in [-0.4, -0.2) is 12.5 Å². The van der Waals surface area contributed by atoms with Crippen LogP contribution in [0.25, 0.3) is 0 Å². The van der Waals surface area contributed by atoms with Crippen molar-refractivity contribution in [2.75, 3.05) is 12.5 Å². The molecule has 1 atom stereocenters. The van der Waals surface area contributed by atoms with Gasteiger partial charge in [-0.05, 0) is 18.9 Å². The number of halogens is 1. The highest BCUT2D eigenvalue weighted by Crippen LogP contribution is 2.26. The van der Waals surface area contributed by atoms with E-state index < -0.39 is 0 Å². The van der Waals surface area contributed by atoms with Gasteiger partial charge in [-0.15, -0.1) is 11.6 Å². The molecule has 2 heteroatoms. The van der Waals surface area contributed by atoms with Crippen molar-refractivity contribution in [1.29, 1.82) is 0 Å². The molecule has 0 N–H and O–H groups in total. The monoisotopic (exact) mass is 382 g/mol. The van der Waals surface area contributed by atoms with Crippen LogP contribution in [0.3, 0.4) is 0 Å². The molecular formula is C24H43ClO. The predicted octanol–water partition coefficient (Wildman–Crippen LogP) is 8.57. The van der Waals surface area contributed by atoms with Crippen molar-refractivity contribution in [1.82, 2.24) is 0 Å². The number of hydrogen-bond acceptors (Lipinski definition) is 1. The van der Waals surface area contributed by atoms with E-state index in [4.69, 9.17) is 16.3 Å². The van der Waals surface area contributed by atoms with E-state index >= 15 is 0 Å². The first-order valence-corrected chi connectivity index (χ1v) is 11.9. The van der Waals surface area contributed by atoms with E-state index in [1.807, 2.05) is 0 Å². The molecule has 1 nitrogen and oxygen atoms in total. The predicted molar refractivity (Wildman–Crippen MR) is 117 cm³/mol. The fourth-order valence-corrected chi connectivity index (χ4v) is 3.90. The minimum absolute atomic E-state index is 0.486. The van der Waals surface area contributed by atoms with Gasteiger partial charge in [-0.3, -0.25) is 0 Å². The van der Waals surface area contributed by atoms with Crippen molar-refractivity contribution in [2.24, 2.45) is 5.92 Å². The van der Waals surface area contributed by atoms with Crippen molar-refractivity contribution in [3.8, 4) is 0 Å². The number of rotatable bonds is 17. The van der Waals surface area contributed by atoms with Gasteiger partial charge in [-0.1, -0.05) is 109 Å². The molecule has 1 rings (SSSR count). The molecule has 0 spiro atoms. The molecule has 0 aromatic heterocycles. The summed E-state index contributed by atoms with van der Waals surface area (Å²) in [5.74, 6) is 2.28. The molecule has 152 valence electrons. The maximum atomic E-state index is 5.97. The average molecular weight is 383 g/mol. The van der Waals surface area contributed by atoms with E-state index in [0.717, 1.165) is 18.8 Å². The summed E-state index contributed by atoms with van der Waals surface area (Å²) in [7, 11) is 0. The third-order valence-electron chi connectivity index (χ3n) is 5.48. The Balaban J connectivity index is 1.83. The highest BCUT2D eigenvalue weighted by molar-refractivity contribution is 6.19. The van der Waals surface area contributed by atoms with Crippen LogP contribution in [0.4, 0.5) is 0 Å². The first-order valence-electron chi connectivity index (χ1n) is 11.4. The van der Waals surface area contributed by atoms with Gasteiger partial charge in [0.1, 0.15) is 0 Å². The molecule has 0 bridgehead atoms. The lowest BCUT2D eigenvalue weighted by Crippen LogP contribution is -2.10. The van der Waals surface area contributed by atoms with Gasteiger partial charge in [0.25, 0.3) is 0 Å². The Morgan fingerprint density at radius 1 is 0.808 bits per heavy atom. The Morgan fingerprint density at radius 3 is 1.77 bits per heavy atom. The standard InChI is InChI=1S/C24H43ClO/c1-3-4-5-6-7-8-9-10-11-12-13-14-15-16-19-26-24-18-17-23(21-25)20-22(24)2/h17-18,22H,3-16,19-21H2,1-2H3. The van der Waals surface area contributed by atoms with Crippen LogP contribution in [-0.2, 0) is 4.74 Å². The molecule has 1 unspecified atom stereocenters. The van der Waals surface area contributed by atoms with E-state index in [2.05, 4.69) is 26.0 Å². The second-order valence-electron chi connectivity index (χ2n) is 8.08. The van der Waals surface area contributed by atoms with Crippen molar-refractivity contribution in [2.45, 2.75) is 110 Å². The molecule has 1 aliphatic rings. The van der Waals surface area contributed by atoms with Gasteiger partial charge in [0, 0.05) is 11.8 Å². The number of unbranched alkanes of at least 4 members (excludes halogenated alkanes) is 13. The number of allylic oxidation sites excluding steroid dienone is 4. The summed E-state index contributed by atoms with van der Waals surface area (Å²) in [6.45, 7) is 5.39. The molecule has 0 radical (unpaired) electrons. The zero-order valence-corrected chi connectivity index (χ0v) is 18.3. The van der Waals surface area contributed by atoms with Gasteiger partial charge in [0.15, 0.2) is 0 Å². The molecule has 0 aliphatic heterocycles. The lowest BCUT2D eigenvalue weighted by atomic mass is 9.95. The van der Waals surface area contributed by atoms with E-state index in [0.29, 0.717) is 11.8 Å². The largest absolute Gasteiger partial charge is 0.498 e. The number of ether oxygens (including phenoxy) is 1. The van der Waals surface area contributed by atoms with Crippen molar-refractivity contribution >= 4 is 11.6 Å². The van der Waals surface area contributed by atoms with Gasteiger partial charge in [-0.25, -0.2) is 0 Å². The van der Waals surface area contributed by atoms with Crippen LogP contribution >= 0.6 is 11.6 Å². The maximum absolute atomic E-state index is 5.97. The molecule has 0 amide bonds. The van der Waals surface area contributed by atoms with Gasteiger partial charge in [-0.2, -0.15) is 0 Å². The van der Waals surface area contributed by atoms with Crippen molar-refractivity contribution in [3.05, 3.63) is 23.5 Å². The molecule has 1 aliphatic carbocycles. The Bertz CT molecular complexity index is 386. The highest BCUT2D eigenvalue weighted by Gasteiger charge is 2.15. The zero-order valence-electron chi connectivity index (χ0n) is 17.5. The first-order chi connectivity index (χ1) is 12.8. The van der Waals surface area contributed by atoms with Crippen LogP contribution < -0.4 is 0 Å². The summed E-state index contributed by atoms with van der Waals surface area (Å²) >= 11 is 5.90. The minimum Gasteiger partial charge on any atom is -0.498 e. The Morgan fingerprint density at radius 2 is 1.31 bits per heavy atom. The quantitative estimate of drug-likeness (QED) is 0.181. The van der Waals surface area contributed by atoms with E-state index in [1.165, 1.54) is 95.5 Å². The summed E-state index contributed by atoms with van der Waals surface area (Å²) in [5.41, 5.74) is 1.32. The third kappa shape index (κ3) is 12.0. The normalized spacial score (nSPS) is 17.1. The first kappa shape index (κ1) is 23.6. The molecule has 0 heterocycles. The Labute approximate surface area is 168 Å². The third-order valence-corrected chi connectivity index (χ3v) is 5.82. The number of hydrogen-bond donors (Lipinski definition) is 0. The van der Waals surface area contributed by atoms with Crippen LogP contribution in [0.15, 0.2) is 23.5 Å². The molecule has 0 aromatic rings. The second-order valence-corrected chi connectivity index (χ2v) is 8.34. The summed E-state index contributed by atoms with van der Waals surface area (Å²) in [4.78, 5) is 0. The maximum Gasteiger partial charge on any atom is 0.0990 e. The summed E-state index contributed by atoms with van der Waals surface area (Å²) < 4.78 is 5.97. The molecular weight excluding hydrogens is 340 g/mol. The summed E-state index contributed by atoms with van der Waals surface area (Å²) in [5, 5.41) is 0. The molecule has 0 fully saturated rings. The average Bonchev–Trinajstić information content (AvgIpc) is 2.65. The van der Waals surface area contributed by atoms with Crippen LogP contribution in [0.2, 0.25) is 0 Å². The van der Waals surface area contributed by atoms with Gasteiger partial charge in [0.05, 0.1) is 12.4 Å². The Hall–Kier alpha value is -0.430. The van der Waals surface area contributed by atoms with Crippen molar-refractivity contribution < 1.29 is 4.74 Å². The summed E-state index contributed by atoms with van der Waals surface area (Å²) in [6.07, 6.45) is 24.9. The topological polar surface area (TPSA) is 9.23 Å². The number of alkyl halides is 1. The zero-order chi connectivity index (χ0) is 18.9. The van der Waals surface area contributed by atoms with Crippen LogP contribution in [0, 0.1) is 5.92 Å². The summed E-state index contributed by atoms with van der Waals surface area (Å²) in [6, 6.07) is 0. The van der Waals surface area contributed by atoms with E-state index in [-0.39, 0.29) is 0 Å². The smallest absolute Gasteiger partial charge is 0.0990 e. The SMILES string of the molecule is CCCCCCCCCCCCCCCCOC1=CC=C(CCl)CC1C. The van der Waals surface area contributed by atoms with Crippen molar-refractivity contribution in [3.63, 3.8) is 0 Å². The van der Waals surface area contributed by atoms with Gasteiger partial charge < -0.3 is 4.74 Å². The lowest BCUT2D eigenvalue weighted by Gasteiger charge is -2.21. The van der Waals surface area contributed by atoms with Gasteiger partial charge >= 0.3 is 0 Å². The second kappa shape index (κ2) is 16.7. The van der Waals surface area contributed by atoms with Gasteiger partial charge in [0.2, 0.25) is 0 Å². The Kier molecular flexibility index (Phi) is 15.2. The minimum atomic E-state index is 0.486. The fourth-order valence-electron chi connectivity index (χ4n) is 3.70. The molecule has 0 saturated carbocycles. The molecule has 0 saturated heterocycles. The molecule has 0 aromatic carbocycles.